The Morgan fingerprint density at radius 1 is 0.756 bits per heavy atom. The van der Waals surface area contributed by atoms with Crippen molar-refractivity contribution in [2.45, 2.75) is 77.3 Å². The van der Waals surface area contributed by atoms with E-state index in [0.29, 0.717) is 85.9 Å². The summed E-state index contributed by atoms with van der Waals surface area (Å²) < 4.78 is 10.8. The second-order valence-corrected chi connectivity index (χ2v) is 24.8. The molecule has 0 saturated heterocycles. The number of ether oxygens (including phenoxy) is 2. The number of pyridine rings is 1. The zero-order chi connectivity index (χ0) is 58.0. The first kappa shape index (κ1) is 59.3. The fourth-order valence-corrected chi connectivity index (χ4v) is 14.0. The van der Waals surface area contributed by atoms with Crippen LogP contribution in [-0.4, -0.2) is 109 Å². The number of hydrogen-bond donors (Lipinski definition) is 8. The van der Waals surface area contributed by atoms with Crippen LogP contribution >= 0.6 is 68.0 Å². The van der Waals surface area contributed by atoms with Gasteiger partial charge >= 0.3 is 6.09 Å². The van der Waals surface area contributed by atoms with E-state index in [9.17, 15) is 33.9 Å². The van der Waals surface area contributed by atoms with Gasteiger partial charge < -0.3 is 46.9 Å². The Bertz CT molecular complexity index is 3590. The van der Waals surface area contributed by atoms with Crippen LogP contribution in [0.15, 0.2) is 64.8 Å². The molecule has 9 rings (SSSR count). The Morgan fingerprint density at radius 2 is 1.54 bits per heavy atom. The highest BCUT2D eigenvalue weighted by atomic mass is 32.1. The minimum absolute atomic E-state index is 0.00197. The van der Waals surface area contributed by atoms with Gasteiger partial charge in [-0.15, -0.1) is 68.0 Å². The number of nitrogens with two attached hydrogens (primary N) is 1. The number of fused-ring (bicyclic) bond motifs is 14. The number of amides is 6. The largest absolute Gasteiger partial charge is 0.449 e. The Hall–Kier alpha value is -7.35. The van der Waals surface area contributed by atoms with Crippen molar-refractivity contribution in [3.63, 3.8) is 0 Å². The molecule has 9 N–H and O–H groups in total. The lowest BCUT2D eigenvalue weighted by molar-refractivity contribution is -0.122. The standard InChI is InChI=1S/C53H56N14O9S6/c1-25(2)38-52-67-41(34(82-52)21-75-5)45(72)56-20-37(69)64-42(43(70)27-12-8-6-9-13-27)51-61-32(23-78-51)48-57-19-33(81-48)40-28(14-15-29(58-40)49-62-35(24-79-49)63-53(74)76-17-11-7-10-16-54)47-60-31(22-77-47)44(71)59-30(18-36(68)55-4)50-66-39(26(3)80-50)46(73)65-38/h6,8-9,12-15,19,22-25,30,38,42-43,70H,7,10-11,16-18,20-21,54H2,1-5H3,(H,55,68)(H,56,72)(H,59,71)(H,63,74)(H,64,69)(H,65,73)/t30-,38-,42-,43-/m0/s1. The summed E-state index contributed by atoms with van der Waals surface area (Å²) in [5.41, 5.74) is 8.06. The van der Waals surface area contributed by atoms with Crippen molar-refractivity contribution >= 4 is 109 Å². The predicted octanol–water partition coefficient (Wildman–Crippen LogP) is 7.99. The number of unbranched alkanes of at least 4 members (excludes halogenated alkanes) is 2. The molecule has 6 amide bonds. The monoisotopic (exact) mass is 1220 g/mol. The van der Waals surface area contributed by atoms with Crippen LogP contribution in [0.4, 0.5) is 10.6 Å². The molecule has 1 aromatic carbocycles. The van der Waals surface area contributed by atoms with Crippen LogP contribution in [0, 0.1) is 12.8 Å². The van der Waals surface area contributed by atoms with Gasteiger partial charge in [0.05, 0.1) is 59.4 Å². The number of aliphatic hydroxyl groups excluding tert-OH is 1. The van der Waals surface area contributed by atoms with Crippen molar-refractivity contribution < 1.29 is 43.3 Å². The number of aryl methyl sites for hydroxylation is 1. The third kappa shape index (κ3) is 14.1. The number of nitrogens with one attached hydrogen (secondary N) is 6. The quantitative estimate of drug-likeness (QED) is 0.0478. The summed E-state index contributed by atoms with van der Waals surface area (Å²) in [6.07, 6.45) is 1.85. The van der Waals surface area contributed by atoms with Crippen LogP contribution < -0.4 is 37.6 Å². The van der Waals surface area contributed by atoms with Crippen LogP contribution in [0.2, 0.25) is 0 Å². The summed E-state index contributed by atoms with van der Waals surface area (Å²) in [6.45, 7) is 5.78. The number of benzene rings is 1. The van der Waals surface area contributed by atoms with Crippen LogP contribution in [0.25, 0.3) is 42.5 Å². The SMILES string of the molecule is CNC(=O)C[C@@H]1NC(=O)c2csc(n2)-c2ccc(-c3nc(NC(=O)OCCCCCN)cs3)nc2-c2cnc(s2)-c2csc(n2)[C@H]([C@@H](O)c2ccccc2)NC(=O)CNC(=O)c2nc(sc2COC)[C@H](C(C)C)NC(=O)c2nc1sc2C. The fourth-order valence-electron chi connectivity index (χ4n) is 8.36. The van der Waals surface area contributed by atoms with E-state index < -0.39 is 66.4 Å². The number of hydrogen-bond acceptors (Lipinski definition) is 23. The second-order valence-electron chi connectivity index (χ2n) is 18.8. The lowest BCUT2D eigenvalue weighted by Crippen LogP contribution is -2.40. The molecule has 8 aromatic rings. The van der Waals surface area contributed by atoms with Crippen molar-refractivity contribution in [3.8, 4) is 42.5 Å². The van der Waals surface area contributed by atoms with Crippen LogP contribution in [0.1, 0.15) is 126 Å². The third-order valence-electron chi connectivity index (χ3n) is 12.6. The molecule has 0 radical (unpaired) electrons. The number of aromatic nitrogens is 7. The Morgan fingerprint density at radius 3 is 2.30 bits per heavy atom. The number of anilines is 1. The van der Waals surface area contributed by atoms with Gasteiger partial charge in [-0.05, 0) is 56.3 Å². The number of carbonyl (C=O) groups is 6. The summed E-state index contributed by atoms with van der Waals surface area (Å²) in [7, 11) is 2.95. The summed E-state index contributed by atoms with van der Waals surface area (Å²) >= 11 is 7.22. The highest BCUT2D eigenvalue weighted by molar-refractivity contribution is 7.19. The van der Waals surface area contributed by atoms with Gasteiger partial charge in [0.1, 0.15) is 70.8 Å². The van der Waals surface area contributed by atoms with Gasteiger partial charge in [-0.2, -0.15) is 0 Å². The highest BCUT2D eigenvalue weighted by Gasteiger charge is 2.33. The van der Waals surface area contributed by atoms with Gasteiger partial charge in [-0.25, -0.2) is 39.7 Å². The molecule has 0 unspecified atom stereocenters. The zero-order valence-corrected chi connectivity index (χ0v) is 49.7. The predicted molar refractivity (Wildman–Crippen MR) is 315 cm³/mol. The molecule has 0 saturated carbocycles. The van der Waals surface area contributed by atoms with Crippen LogP contribution in [-0.2, 0) is 25.7 Å². The normalized spacial score (nSPS) is 16.4. The molecule has 7 aromatic heterocycles. The molecule has 8 heterocycles. The molecule has 0 spiro atoms. The summed E-state index contributed by atoms with van der Waals surface area (Å²) in [5.74, 6) is -2.82. The van der Waals surface area contributed by atoms with Crippen LogP contribution in [0.5, 0.6) is 0 Å². The van der Waals surface area contributed by atoms with Gasteiger partial charge in [0.25, 0.3) is 17.7 Å². The van der Waals surface area contributed by atoms with E-state index in [-0.39, 0.29) is 48.5 Å². The molecule has 23 nitrogen and oxygen atoms in total. The summed E-state index contributed by atoms with van der Waals surface area (Å²) in [5, 5.41) is 36.1. The molecule has 4 atom stereocenters. The lowest BCUT2D eigenvalue weighted by atomic mass is 10.0. The number of methoxy groups -OCH3 is 1. The van der Waals surface area contributed by atoms with Crippen molar-refractivity contribution in [3.05, 3.63) is 112 Å². The fraction of sp³-hybridized carbons (Fsp3) is 0.340. The van der Waals surface area contributed by atoms with Gasteiger partial charge in [0, 0.05) is 46.9 Å². The van der Waals surface area contributed by atoms with E-state index in [4.69, 9.17) is 45.1 Å². The van der Waals surface area contributed by atoms with E-state index in [0.717, 1.165) is 24.2 Å². The third-order valence-corrected chi connectivity index (χ3v) is 18.4. The van der Waals surface area contributed by atoms with Gasteiger partial charge in [-0.3, -0.25) is 29.3 Å². The first-order valence-corrected chi connectivity index (χ1v) is 30.8. The van der Waals surface area contributed by atoms with Crippen LogP contribution in [0.3, 0.4) is 0 Å². The molecule has 10 bridgehead atoms. The lowest BCUT2D eigenvalue weighted by Gasteiger charge is -2.23. The number of thiazole rings is 6. The van der Waals surface area contributed by atoms with Crippen molar-refractivity contribution in [1.29, 1.82) is 0 Å². The van der Waals surface area contributed by atoms with Gasteiger partial charge in [0.2, 0.25) is 11.8 Å². The topological polar surface area (TPSA) is 330 Å². The smallest absolute Gasteiger partial charge is 0.412 e. The molecule has 1 aliphatic heterocycles. The molecule has 1 aliphatic rings. The van der Waals surface area contributed by atoms with Gasteiger partial charge in [0.15, 0.2) is 0 Å². The number of rotatable bonds is 14. The first-order chi connectivity index (χ1) is 39.6. The van der Waals surface area contributed by atoms with E-state index >= 15 is 0 Å². The van der Waals surface area contributed by atoms with Crippen molar-refractivity contribution in [2.24, 2.45) is 11.7 Å². The maximum Gasteiger partial charge on any atom is 0.412 e. The maximum absolute atomic E-state index is 14.3. The number of carbonyl (C=O) groups excluding carboxylic acids is 6. The highest BCUT2D eigenvalue weighted by Crippen LogP contribution is 2.41. The Balaban J connectivity index is 1.10. The number of nitrogens with zero attached hydrogens (tertiary/aromatic N) is 7. The van der Waals surface area contributed by atoms with E-state index in [1.807, 2.05) is 13.8 Å². The average molecular weight is 1230 g/mol. The average Bonchev–Trinajstić information content (AvgIpc) is 4.46. The molecule has 0 aliphatic carbocycles. The molecular weight excluding hydrogens is 1170 g/mol. The molecule has 29 heteroatoms. The Kier molecular flexibility index (Phi) is 19.6. The van der Waals surface area contributed by atoms with E-state index in [1.165, 1.54) is 70.8 Å². The minimum atomic E-state index is -1.27. The Labute approximate surface area is 494 Å². The van der Waals surface area contributed by atoms with E-state index in [2.05, 4.69) is 36.9 Å². The number of aliphatic hydroxyl groups is 1. The first-order valence-electron chi connectivity index (χ1n) is 25.7. The maximum atomic E-state index is 14.3. The molecule has 82 heavy (non-hydrogen) atoms. The molecular formula is C53H56N14O9S6. The van der Waals surface area contributed by atoms with E-state index in [1.54, 1.807) is 71.7 Å². The summed E-state index contributed by atoms with van der Waals surface area (Å²) in [4.78, 5) is 117. The van der Waals surface area contributed by atoms with Gasteiger partial charge in [-0.1, -0.05) is 44.2 Å². The summed E-state index contributed by atoms with van der Waals surface area (Å²) in [6, 6.07) is 9.58. The molecule has 0 fully saturated rings. The van der Waals surface area contributed by atoms with Crippen molar-refractivity contribution in [2.75, 3.05) is 39.2 Å². The molecule has 428 valence electrons. The van der Waals surface area contributed by atoms with Crippen molar-refractivity contribution in [1.82, 2.24) is 61.5 Å². The minimum Gasteiger partial charge on any atom is -0.449 e. The second kappa shape index (κ2) is 27.2. The zero-order valence-electron chi connectivity index (χ0n) is 44.8.